The highest BCUT2D eigenvalue weighted by Crippen LogP contribution is 2.03. The lowest BCUT2D eigenvalue weighted by Crippen LogP contribution is -2.30. The fourth-order valence-electron chi connectivity index (χ4n) is 0.989. The minimum atomic E-state index is -0.181. The molecule has 0 N–H and O–H groups in total. The van der Waals surface area contributed by atoms with Crippen molar-refractivity contribution < 1.29 is 9.53 Å². The molecule has 1 heterocycles. The van der Waals surface area contributed by atoms with Crippen molar-refractivity contribution in [2.24, 2.45) is 0 Å². The molecule has 0 atom stereocenters. The van der Waals surface area contributed by atoms with Crippen molar-refractivity contribution >= 4 is 6.09 Å². The Bertz CT molecular complexity index is 125. The number of carbonyl (C=O) groups excluding carboxylic acids is 1. The Morgan fingerprint density at radius 1 is 1.40 bits per heavy atom. The number of ether oxygens (including phenoxy) is 1. The zero-order valence-electron chi connectivity index (χ0n) is 6.30. The summed E-state index contributed by atoms with van der Waals surface area (Å²) in [6.45, 7) is 1.42. The van der Waals surface area contributed by atoms with Crippen LogP contribution in [0, 0.1) is 0 Å². The molecule has 1 aliphatic rings. The summed E-state index contributed by atoms with van der Waals surface area (Å²) in [6, 6.07) is 0. The molecule has 1 amide bonds. The monoisotopic (exact) mass is 143 g/mol. The lowest BCUT2D eigenvalue weighted by Gasteiger charge is -2.19. The molecule has 0 unspecified atom stereocenters. The second-order valence-electron chi connectivity index (χ2n) is 2.60. The number of hydrogen-bond acceptors (Lipinski definition) is 2. The van der Waals surface area contributed by atoms with Crippen molar-refractivity contribution in [2.75, 3.05) is 20.2 Å². The summed E-state index contributed by atoms with van der Waals surface area (Å²) >= 11 is 0. The molecule has 1 fully saturated rings. The molecular weight excluding hydrogens is 130 g/mol. The number of cyclic esters (lactones) is 1. The molecule has 58 valence electrons. The number of nitrogens with zero attached hydrogens (tertiary/aromatic N) is 1. The van der Waals surface area contributed by atoms with Gasteiger partial charge in [-0.25, -0.2) is 4.79 Å². The first kappa shape index (κ1) is 7.38. The summed E-state index contributed by atoms with van der Waals surface area (Å²) in [5.74, 6) is 0. The van der Waals surface area contributed by atoms with Crippen LogP contribution in [-0.2, 0) is 4.74 Å². The zero-order chi connectivity index (χ0) is 7.40. The van der Waals surface area contributed by atoms with E-state index in [0.717, 1.165) is 25.8 Å². The van der Waals surface area contributed by atoms with Gasteiger partial charge in [-0.05, 0) is 19.3 Å². The first-order valence-corrected chi connectivity index (χ1v) is 3.68. The summed E-state index contributed by atoms with van der Waals surface area (Å²) in [5.41, 5.74) is 0. The van der Waals surface area contributed by atoms with Gasteiger partial charge in [0.1, 0.15) is 0 Å². The van der Waals surface area contributed by atoms with Crippen molar-refractivity contribution in [1.29, 1.82) is 0 Å². The van der Waals surface area contributed by atoms with E-state index < -0.39 is 0 Å². The summed E-state index contributed by atoms with van der Waals surface area (Å²) < 4.78 is 4.88. The molecule has 0 radical (unpaired) electrons. The predicted octanol–water partition coefficient (Wildman–Crippen LogP) is 1.24. The second kappa shape index (κ2) is 3.44. The standard InChI is InChI=1S/C7H13NO2/c1-8-5-3-2-4-6-10-7(8)9/h2-6H2,1H3. The van der Waals surface area contributed by atoms with Crippen LogP contribution in [0.25, 0.3) is 0 Å². The fourth-order valence-corrected chi connectivity index (χ4v) is 0.989. The van der Waals surface area contributed by atoms with Gasteiger partial charge >= 0.3 is 6.09 Å². The van der Waals surface area contributed by atoms with E-state index >= 15 is 0 Å². The largest absolute Gasteiger partial charge is 0.449 e. The van der Waals surface area contributed by atoms with E-state index in [0.29, 0.717) is 6.61 Å². The van der Waals surface area contributed by atoms with Crippen LogP contribution in [0.3, 0.4) is 0 Å². The lowest BCUT2D eigenvalue weighted by atomic mass is 10.2. The molecule has 0 aromatic heterocycles. The highest BCUT2D eigenvalue weighted by molar-refractivity contribution is 5.67. The van der Waals surface area contributed by atoms with Crippen LogP contribution >= 0.6 is 0 Å². The van der Waals surface area contributed by atoms with E-state index in [1.807, 2.05) is 0 Å². The van der Waals surface area contributed by atoms with Gasteiger partial charge in [-0.1, -0.05) is 0 Å². The van der Waals surface area contributed by atoms with Crippen molar-refractivity contribution in [3.63, 3.8) is 0 Å². The summed E-state index contributed by atoms with van der Waals surface area (Å²) in [5, 5.41) is 0. The molecule has 0 spiro atoms. The molecular formula is C7H13NO2. The molecule has 0 aromatic carbocycles. The minimum Gasteiger partial charge on any atom is -0.449 e. The van der Waals surface area contributed by atoms with Crippen LogP contribution in [0.5, 0.6) is 0 Å². The van der Waals surface area contributed by atoms with E-state index in [1.54, 1.807) is 11.9 Å². The van der Waals surface area contributed by atoms with Gasteiger partial charge in [-0.2, -0.15) is 0 Å². The van der Waals surface area contributed by atoms with Crippen molar-refractivity contribution in [2.45, 2.75) is 19.3 Å². The highest BCUT2D eigenvalue weighted by Gasteiger charge is 2.10. The van der Waals surface area contributed by atoms with Gasteiger partial charge in [0.25, 0.3) is 0 Å². The number of rotatable bonds is 0. The van der Waals surface area contributed by atoms with Gasteiger partial charge in [0, 0.05) is 13.6 Å². The van der Waals surface area contributed by atoms with Gasteiger partial charge in [-0.15, -0.1) is 0 Å². The van der Waals surface area contributed by atoms with E-state index in [2.05, 4.69) is 0 Å². The molecule has 1 rings (SSSR count). The van der Waals surface area contributed by atoms with Crippen molar-refractivity contribution in [3.8, 4) is 0 Å². The maximum absolute atomic E-state index is 10.9. The smallest absolute Gasteiger partial charge is 0.409 e. The maximum atomic E-state index is 10.9. The quantitative estimate of drug-likeness (QED) is 0.510. The number of carbonyl (C=O) groups is 1. The Hall–Kier alpha value is -0.730. The first-order valence-electron chi connectivity index (χ1n) is 3.68. The Kier molecular flexibility index (Phi) is 2.54. The van der Waals surface area contributed by atoms with E-state index in [9.17, 15) is 4.79 Å². The Morgan fingerprint density at radius 2 is 2.20 bits per heavy atom. The third-order valence-corrected chi connectivity index (χ3v) is 1.68. The fraction of sp³-hybridized carbons (Fsp3) is 0.857. The Balaban J connectivity index is 2.35. The van der Waals surface area contributed by atoms with Crippen LogP contribution in [0.4, 0.5) is 4.79 Å². The summed E-state index contributed by atoms with van der Waals surface area (Å²) in [6.07, 6.45) is 3.10. The molecule has 1 aliphatic heterocycles. The third-order valence-electron chi connectivity index (χ3n) is 1.68. The second-order valence-corrected chi connectivity index (χ2v) is 2.60. The molecule has 0 bridgehead atoms. The average molecular weight is 143 g/mol. The number of hydrogen-bond donors (Lipinski definition) is 0. The average Bonchev–Trinajstić information content (AvgIpc) is 1.92. The Labute approximate surface area is 61.0 Å². The van der Waals surface area contributed by atoms with Gasteiger partial charge in [-0.3, -0.25) is 0 Å². The van der Waals surface area contributed by atoms with E-state index in [-0.39, 0.29) is 6.09 Å². The van der Waals surface area contributed by atoms with Crippen LogP contribution in [-0.4, -0.2) is 31.2 Å². The molecule has 10 heavy (non-hydrogen) atoms. The van der Waals surface area contributed by atoms with Gasteiger partial charge < -0.3 is 9.64 Å². The van der Waals surface area contributed by atoms with Crippen LogP contribution in [0.1, 0.15) is 19.3 Å². The van der Waals surface area contributed by atoms with Gasteiger partial charge in [0.05, 0.1) is 6.61 Å². The SMILES string of the molecule is CN1CCCCCOC1=O. The van der Waals surface area contributed by atoms with Crippen LogP contribution in [0.2, 0.25) is 0 Å². The van der Waals surface area contributed by atoms with E-state index in [1.165, 1.54) is 0 Å². The molecule has 0 saturated carbocycles. The zero-order valence-corrected chi connectivity index (χ0v) is 6.30. The summed E-state index contributed by atoms with van der Waals surface area (Å²) in [4.78, 5) is 12.5. The molecule has 3 heteroatoms. The Morgan fingerprint density at radius 3 is 3.00 bits per heavy atom. The molecule has 3 nitrogen and oxygen atoms in total. The van der Waals surface area contributed by atoms with Crippen molar-refractivity contribution in [3.05, 3.63) is 0 Å². The molecule has 0 aliphatic carbocycles. The lowest BCUT2D eigenvalue weighted by molar-refractivity contribution is 0.101. The molecule has 0 aromatic rings. The van der Waals surface area contributed by atoms with Gasteiger partial charge in [0.15, 0.2) is 0 Å². The van der Waals surface area contributed by atoms with Crippen molar-refractivity contribution in [1.82, 2.24) is 4.90 Å². The highest BCUT2D eigenvalue weighted by atomic mass is 16.6. The summed E-state index contributed by atoms with van der Waals surface area (Å²) in [7, 11) is 1.77. The van der Waals surface area contributed by atoms with Crippen LogP contribution < -0.4 is 0 Å². The molecule has 1 saturated heterocycles. The number of amides is 1. The van der Waals surface area contributed by atoms with Crippen LogP contribution in [0.15, 0.2) is 0 Å². The first-order chi connectivity index (χ1) is 4.80. The van der Waals surface area contributed by atoms with E-state index in [4.69, 9.17) is 4.74 Å². The predicted molar refractivity (Wildman–Crippen MR) is 37.8 cm³/mol. The normalized spacial score (nSPS) is 21.3. The third kappa shape index (κ3) is 1.90. The van der Waals surface area contributed by atoms with Gasteiger partial charge in [0.2, 0.25) is 0 Å². The topological polar surface area (TPSA) is 29.5 Å². The minimum absolute atomic E-state index is 0.181. The maximum Gasteiger partial charge on any atom is 0.409 e.